The summed E-state index contributed by atoms with van der Waals surface area (Å²) in [5.74, 6) is 1.59. The topological polar surface area (TPSA) is 29.1 Å². The summed E-state index contributed by atoms with van der Waals surface area (Å²) >= 11 is 0. The fraction of sp³-hybridized carbons (Fsp3) is 0.700. The van der Waals surface area contributed by atoms with Crippen LogP contribution < -0.4 is 5.32 Å². The van der Waals surface area contributed by atoms with Gasteiger partial charge in [-0.3, -0.25) is 4.79 Å². The molecule has 2 nitrogen and oxygen atoms in total. The minimum absolute atomic E-state index is 0.0272. The molecule has 2 bridgehead atoms. The zero-order valence-electron chi connectivity index (χ0n) is 7.05. The van der Waals surface area contributed by atoms with E-state index in [1.165, 1.54) is 6.42 Å². The number of hydrogen-bond acceptors (Lipinski definition) is 1. The maximum Gasteiger partial charge on any atom is 0.226 e. The van der Waals surface area contributed by atoms with Crippen LogP contribution >= 0.6 is 0 Å². The van der Waals surface area contributed by atoms with Crippen molar-refractivity contribution in [3.8, 4) is 0 Å². The van der Waals surface area contributed by atoms with Crippen LogP contribution in [0.1, 0.15) is 19.3 Å². The van der Waals surface area contributed by atoms with E-state index < -0.39 is 0 Å². The van der Waals surface area contributed by atoms with E-state index in [2.05, 4.69) is 17.5 Å². The molecule has 2 aliphatic carbocycles. The molecule has 2 fully saturated rings. The Morgan fingerprint density at radius 1 is 1.50 bits per heavy atom. The van der Waals surface area contributed by atoms with E-state index in [1.807, 2.05) is 0 Å². The summed E-state index contributed by atoms with van der Waals surface area (Å²) in [5, 5.41) is 2.96. The molecule has 2 heteroatoms. The van der Waals surface area contributed by atoms with Gasteiger partial charge in [0.25, 0.3) is 0 Å². The van der Waals surface area contributed by atoms with Gasteiger partial charge in [-0.15, -0.1) is 0 Å². The summed E-state index contributed by atoms with van der Waals surface area (Å²) in [6, 6.07) is 0. The van der Waals surface area contributed by atoms with Crippen LogP contribution in [0.4, 0.5) is 0 Å². The summed E-state index contributed by atoms with van der Waals surface area (Å²) in [6.07, 6.45) is 7.96. The van der Waals surface area contributed by atoms with Gasteiger partial charge >= 0.3 is 0 Å². The van der Waals surface area contributed by atoms with Gasteiger partial charge in [0, 0.05) is 6.54 Å². The maximum atomic E-state index is 11.6. The molecule has 1 amide bonds. The Morgan fingerprint density at radius 2 is 2.42 bits per heavy atom. The van der Waals surface area contributed by atoms with Crippen LogP contribution in [0, 0.1) is 17.3 Å². The van der Waals surface area contributed by atoms with Gasteiger partial charge in [0.1, 0.15) is 0 Å². The average molecular weight is 163 g/mol. The second kappa shape index (κ2) is 1.93. The molecular formula is C10H13NO. The maximum absolute atomic E-state index is 11.6. The number of amides is 1. The lowest BCUT2D eigenvalue weighted by molar-refractivity contribution is -0.128. The van der Waals surface area contributed by atoms with E-state index >= 15 is 0 Å². The number of fused-ring (bicyclic) bond motifs is 3. The average Bonchev–Trinajstić information content (AvgIpc) is 2.69. The Bertz CT molecular complexity index is 271. The fourth-order valence-electron chi connectivity index (χ4n) is 3.19. The van der Waals surface area contributed by atoms with Crippen LogP contribution in [-0.2, 0) is 4.79 Å². The smallest absolute Gasteiger partial charge is 0.226 e. The van der Waals surface area contributed by atoms with Crippen molar-refractivity contribution in [2.45, 2.75) is 19.3 Å². The molecule has 12 heavy (non-hydrogen) atoms. The molecule has 0 radical (unpaired) electrons. The highest BCUT2D eigenvalue weighted by atomic mass is 16.2. The minimum Gasteiger partial charge on any atom is -0.356 e. The van der Waals surface area contributed by atoms with Crippen molar-refractivity contribution in [2.75, 3.05) is 6.54 Å². The van der Waals surface area contributed by atoms with Gasteiger partial charge in [0.15, 0.2) is 0 Å². The van der Waals surface area contributed by atoms with Crippen LogP contribution in [0.25, 0.3) is 0 Å². The van der Waals surface area contributed by atoms with Gasteiger partial charge < -0.3 is 5.32 Å². The molecule has 1 saturated heterocycles. The van der Waals surface area contributed by atoms with Crippen molar-refractivity contribution in [1.82, 2.24) is 5.32 Å². The third-order valence-corrected chi connectivity index (χ3v) is 3.82. The third-order valence-electron chi connectivity index (χ3n) is 3.82. The first-order valence-electron chi connectivity index (χ1n) is 4.78. The van der Waals surface area contributed by atoms with Gasteiger partial charge in [-0.05, 0) is 31.1 Å². The first-order valence-corrected chi connectivity index (χ1v) is 4.78. The highest BCUT2D eigenvalue weighted by molar-refractivity contribution is 5.86. The van der Waals surface area contributed by atoms with E-state index in [4.69, 9.17) is 0 Å². The lowest BCUT2D eigenvalue weighted by Gasteiger charge is -2.27. The summed E-state index contributed by atoms with van der Waals surface area (Å²) in [7, 11) is 0. The zero-order valence-corrected chi connectivity index (χ0v) is 7.05. The van der Waals surface area contributed by atoms with Crippen LogP contribution in [0.3, 0.4) is 0 Å². The highest BCUT2D eigenvalue weighted by Gasteiger charge is 2.54. The molecule has 1 spiro atoms. The predicted octanol–water partition coefficient (Wildman–Crippen LogP) is 1.09. The molecule has 0 unspecified atom stereocenters. The van der Waals surface area contributed by atoms with Crippen molar-refractivity contribution in [3.63, 3.8) is 0 Å². The Hall–Kier alpha value is -0.790. The molecule has 1 saturated carbocycles. The van der Waals surface area contributed by atoms with E-state index in [0.717, 1.165) is 19.4 Å². The van der Waals surface area contributed by atoms with Gasteiger partial charge in [-0.25, -0.2) is 0 Å². The van der Waals surface area contributed by atoms with Gasteiger partial charge in [0.2, 0.25) is 5.91 Å². The predicted molar refractivity (Wildman–Crippen MR) is 45.4 cm³/mol. The second-order valence-corrected chi connectivity index (χ2v) is 4.35. The van der Waals surface area contributed by atoms with Crippen molar-refractivity contribution >= 4 is 5.91 Å². The number of nitrogens with one attached hydrogen (secondary N) is 1. The monoisotopic (exact) mass is 163 g/mol. The number of carbonyl (C=O) groups excluding carboxylic acids is 1. The minimum atomic E-state index is 0.0272. The number of hydrogen-bond donors (Lipinski definition) is 1. The van der Waals surface area contributed by atoms with Gasteiger partial charge in [-0.2, -0.15) is 0 Å². The first kappa shape index (κ1) is 6.70. The van der Waals surface area contributed by atoms with Crippen LogP contribution in [0.2, 0.25) is 0 Å². The Balaban J connectivity index is 2.02. The molecule has 0 aromatic carbocycles. The van der Waals surface area contributed by atoms with Gasteiger partial charge in [0.05, 0.1) is 5.41 Å². The molecule has 3 aliphatic rings. The lowest BCUT2D eigenvalue weighted by Crippen LogP contribution is -2.34. The van der Waals surface area contributed by atoms with Crippen LogP contribution in [-0.4, -0.2) is 12.5 Å². The molecule has 1 heterocycles. The Kier molecular flexibility index (Phi) is 1.07. The third kappa shape index (κ3) is 0.598. The van der Waals surface area contributed by atoms with E-state index in [9.17, 15) is 4.79 Å². The zero-order chi connectivity index (χ0) is 8.18. The molecule has 0 aromatic rings. The number of allylic oxidation sites excluding steroid dienone is 2. The SMILES string of the molecule is O=C1NCC[C@@]12C[C@@H]1C=C[C@H]2C1. The van der Waals surface area contributed by atoms with Crippen molar-refractivity contribution in [2.24, 2.45) is 17.3 Å². The number of rotatable bonds is 0. The van der Waals surface area contributed by atoms with Crippen molar-refractivity contribution < 1.29 is 4.79 Å². The van der Waals surface area contributed by atoms with Crippen LogP contribution in [0.15, 0.2) is 12.2 Å². The Morgan fingerprint density at radius 3 is 2.92 bits per heavy atom. The van der Waals surface area contributed by atoms with Crippen molar-refractivity contribution in [1.29, 1.82) is 0 Å². The van der Waals surface area contributed by atoms with E-state index in [0.29, 0.717) is 17.7 Å². The summed E-state index contributed by atoms with van der Waals surface area (Å²) < 4.78 is 0. The highest BCUT2D eigenvalue weighted by Crippen LogP contribution is 2.55. The fourth-order valence-corrected chi connectivity index (χ4v) is 3.19. The summed E-state index contributed by atoms with van der Waals surface area (Å²) in [4.78, 5) is 11.6. The largest absolute Gasteiger partial charge is 0.356 e. The van der Waals surface area contributed by atoms with Crippen molar-refractivity contribution in [3.05, 3.63) is 12.2 Å². The summed E-state index contributed by atoms with van der Waals surface area (Å²) in [5.41, 5.74) is 0.0272. The normalized spacial score (nSPS) is 49.2. The standard InChI is InChI=1S/C10H13NO/c12-9-10(3-4-11-9)6-7-1-2-8(10)5-7/h1-2,7-8H,3-6H2,(H,11,12)/t7-,8+,10+/m1/s1. The van der Waals surface area contributed by atoms with Gasteiger partial charge in [-0.1, -0.05) is 12.2 Å². The van der Waals surface area contributed by atoms with Crippen LogP contribution in [0.5, 0.6) is 0 Å². The molecule has 64 valence electrons. The number of carbonyl (C=O) groups is 1. The Labute approximate surface area is 72.0 Å². The second-order valence-electron chi connectivity index (χ2n) is 4.35. The lowest BCUT2D eigenvalue weighted by atomic mass is 9.74. The van der Waals surface area contributed by atoms with E-state index in [-0.39, 0.29) is 5.41 Å². The molecule has 3 rings (SSSR count). The molecular weight excluding hydrogens is 150 g/mol. The molecule has 1 aliphatic heterocycles. The molecule has 3 atom stereocenters. The summed E-state index contributed by atoms with van der Waals surface area (Å²) in [6.45, 7) is 0.899. The first-order chi connectivity index (χ1) is 5.81. The molecule has 1 N–H and O–H groups in total. The molecule has 0 aromatic heterocycles. The quantitative estimate of drug-likeness (QED) is 0.532. The van der Waals surface area contributed by atoms with E-state index in [1.54, 1.807) is 0 Å².